The molecule has 140 valence electrons. The Bertz CT molecular complexity index is 723. The summed E-state index contributed by atoms with van der Waals surface area (Å²) in [5.41, 5.74) is 1.50. The first-order valence-electron chi connectivity index (χ1n) is 9.40. The van der Waals surface area contributed by atoms with Gasteiger partial charge in [0.25, 0.3) is 0 Å². The van der Waals surface area contributed by atoms with Gasteiger partial charge in [0.05, 0.1) is 12.2 Å². The molecular weight excluding hydrogens is 328 g/mol. The van der Waals surface area contributed by atoms with Crippen LogP contribution in [-0.2, 0) is 0 Å². The number of phenolic OH excluding ortho intramolecular Hbond substituents is 1. The van der Waals surface area contributed by atoms with Gasteiger partial charge < -0.3 is 15.5 Å². The van der Waals surface area contributed by atoms with Gasteiger partial charge >= 0.3 is 0 Å². The average molecular weight is 356 g/mol. The zero-order chi connectivity index (χ0) is 18.4. The summed E-state index contributed by atoms with van der Waals surface area (Å²) in [5, 5.41) is 22.9. The van der Waals surface area contributed by atoms with Crippen LogP contribution in [0.1, 0.15) is 31.4 Å². The summed E-state index contributed by atoms with van der Waals surface area (Å²) in [6.45, 7) is 5.05. The smallest absolute Gasteiger partial charge is 0.165 e. The molecule has 0 saturated carbocycles. The second-order valence-electron chi connectivity index (χ2n) is 6.88. The molecule has 3 rings (SSSR count). The number of nitrogens with zero attached hydrogens (tertiary/aromatic N) is 3. The third kappa shape index (κ3) is 4.71. The van der Waals surface area contributed by atoms with E-state index >= 15 is 0 Å². The van der Waals surface area contributed by atoms with Crippen molar-refractivity contribution in [3.63, 3.8) is 0 Å². The Morgan fingerprint density at radius 1 is 1.23 bits per heavy atom. The van der Waals surface area contributed by atoms with Crippen LogP contribution in [-0.4, -0.2) is 57.4 Å². The van der Waals surface area contributed by atoms with Crippen LogP contribution in [0.5, 0.6) is 5.75 Å². The van der Waals surface area contributed by atoms with E-state index in [1.807, 2.05) is 25.1 Å². The van der Waals surface area contributed by atoms with Gasteiger partial charge in [-0.3, -0.25) is 4.90 Å². The normalized spacial score (nSPS) is 18.0. The molecule has 6 heteroatoms. The molecule has 1 fully saturated rings. The third-order valence-corrected chi connectivity index (χ3v) is 4.89. The van der Waals surface area contributed by atoms with Crippen molar-refractivity contribution >= 4 is 5.82 Å². The summed E-state index contributed by atoms with van der Waals surface area (Å²) < 4.78 is 0. The lowest BCUT2D eigenvalue weighted by Gasteiger charge is -2.34. The number of phenols is 1. The van der Waals surface area contributed by atoms with Crippen LogP contribution in [0.2, 0.25) is 0 Å². The molecule has 0 amide bonds. The highest BCUT2D eigenvalue weighted by Crippen LogP contribution is 2.26. The van der Waals surface area contributed by atoms with Gasteiger partial charge in [-0.05, 0) is 44.9 Å². The van der Waals surface area contributed by atoms with Crippen LogP contribution in [0.15, 0.2) is 30.3 Å². The Kier molecular flexibility index (Phi) is 6.41. The maximum absolute atomic E-state index is 10.0. The summed E-state index contributed by atoms with van der Waals surface area (Å²) in [6, 6.07) is 9.35. The number of hydrogen-bond donors (Lipinski definition) is 3. The summed E-state index contributed by atoms with van der Waals surface area (Å²) >= 11 is 0. The summed E-state index contributed by atoms with van der Waals surface area (Å²) in [7, 11) is 0. The fraction of sp³-hybridized carbons (Fsp3) is 0.500. The van der Waals surface area contributed by atoms with Crippen molar-refractivity contribution in [3.8, 4) is 17.1 Å². The highest BCUT2D eigenvalue weighted by molar-refractivity contribution is 5.64. The zero-order valence-electron chi connectivity index (χ0n) is 15.4. The van der Waals surface area contributed by atoms with Gasteiger partial charge in [0.2, 0.25) is 0 Å². The number of aromatic hydroxyl groups is 1. The predicted octanol–water partition coefficient (Wildman–Crippen LogP) is 2.81. The van der Waals surface area contributed by atoms with Gasteiger partial charge in [-0.2, -0.15) is 0 Å². The highest BCUT2D eigenvalue weighted by atomic mass is 16.3. The molecule has 0 unspecified atom stereocenters. The number of likely N-dealkylation sites (tertiary alicyclic amines) is 1. The Hall–Kier alpha value is -2.18. The van der Waals surface area contributed by atoms with E-state index in [4.69, 9.17) is 0 Å². The second-order valence-corrected chi connectivity index (χ2v) is 6.88. The van der Waals surface area contributed by atoms with Gasteiger partial charge in [-0.25, -0.2) is 9.97 Å². The van der Waals surface area contributed by atoms with Gasteiger partial charge in [0.15, 0.2) is 5.82 Å². The molecule has 1 saturated heterocycles. The van der Waals surface area contributed by atoms with E-state index in [1.165, 1.54) is 12.8 Å². The van der Waals surface area contributed by atoms with Crippen LogP contribution in [0, 0.1) is 6.92 Å². The Morgan fingerprint density at radius 3 is 2.88 bits per heavy atom. The minimum absolute atomic E-state index is 0.184. The molecule has 0 bridgehead atoms. The number of aliphatic hydroxyl groups is 1. The topological polar surface area (TPSA) is 81.5 Å². The Balaban J connectivity index is 1.58. The van der Waals surface area contributed by atoms with Crippen LogP contribution >= 0.6 is 0 Å². The van der Waals surface area contributed by atoms with E-state index in [9.17, 15) is 10.2 Å². The molecule has 0 aliphatic carbocycles. The molecule has 1 atom stereocenters. The molecule has 1 aromatic heterocycles. The number of benzene rings is 1. The molecule has 6 nitrogen and oxygen atoms in total. The van der Waals surface area contributed by atoms with Crippen LogP contribution in [0.25, 0.3) is 11.4 Å². The third-order valence-electron chi connectivity index (χ3n) is 4.89. The van der Waals surface area contributed by atoms with E-state index < -0.39 is 0 Å². The van der Waals surface area contributed by atoms with Crippen molar-refractivity contribution in [3.05, 3.63) is 36.0 Å². The summed E-state index contributed by atoms with van der Waals surface area (Å²) in [5.74, 6) is 1.49. The minimum Gasteiger partial charge on any atom is -0.507 e. The molecule has 2 heterocycles. The first kappa shape index (κ1) is 18.6. The number of anilines is 1. The summed E-state index contributed by atoms with van der Waals surface area (Å²) in [4.78, 5) is 11.4. The molecule has 26 heavy (non-hydrogen) atoms. The number of hydrogen-bond acceptors (Lipinski definition) is 6. The fourth-order valence-corrected chi connectivity index (χ4v) is 3.50. The highest BCUT2D eigenvalue weighted by Gasteiger charge is 2.20. The van der Waals surface area contributed by atoms with E-state index in [0.29, 0.717) is 17.4 Å². The zero-order valence-corrected chi connectivity index (χ0v) is 15.4. The molecular formula is C20H28N4O2. The molecule has 0 spiro atoms. The maximum Gasteiger partial charge on any atom is 0.165 e. The lowest BCUT2D eigenvalue weighted by Crippen LogP contribution is -2.42. The summed E-state index contributed by atoms with van der Waals surface area (Å²) in [6.07, 6.45) is 4.53. The fourth-order valence-electron chi connectivity index (χ4n) is 3.50. The average Bonchev–Trinajstić information content (AvgIpc) is 2.65. The van der Waals surface area contributed by atoms with Gasteiger partial charge in [-0.1, -0.05) is 18.6 Å². The van der Waals surface area contributed by atoms with Crippen LogP contribution < -0.4 is 5.32 Å². The first-order valence-corrected chi connectivity index (χ1v) is 9.40. The standard InChI is InChI=1S/C20H28N4O2/c1-15-13-19(23-20(22-15)17-8-2-3-9-18(17)26)21-10-6-12-24-11-5-4-7-16(24)14-25/h2-3,8-9,13,16,25-26H,4-7,10-12,14H2,1H3,(H,21,22,23)/t16-/m0/s1. The molecule has 1 aliphatic rings. The molecule has 3 N–H and O–H groups in total. The van der Waals surface area contributed by atoms with Gasteiger partial charge in [-0.15, -0.1) is 0 Å². The van der Waals surface area contributed by atoms with Crippen molar-refractivity contribution in [2.75, 3.05) is 31.6 Å². The number of aryl methyl sites for hydroxylation is 1. The van der Waals surface area contributed by atoms with E-state index in [1.54, 1.807) is 12.1 Å². The first-order chi connectivity index (χ1) is 12.7. The van der Waals surface area contributed by atoms with E-state index in [2.05, 4.69) is 20.2 Å². The SMILES string of the molecule is Cc1cc(NCCCN2CCCC[C@H]2CO)nc(-c2ccccc2O)n1. The van der Waals surface area contributed by atoms with Crippen LogP contribution in [0.4, 0.5) is 5.82 Å². The van der Waals surface area contributed by atoms with Crippen molar-refractivity contribution in [1.29, 1.82) is 0 Å². The molecule has 1 aliphatic heterocycles. The molecule has 1 aromatic carbocycles. The van der Waals surface area contributed by atoms with E-state index in [-0.39, 0.29) is 12.4 Å². The Labute approximate surface area is 154 Å². The number of aliphatic hydroxyl groups excluding tert-OH is 1. The molecule has 0 radical (unpaired) electrons. The Morgan fingerprint density at radius 2 is 2.08 bits per heavy atom. The van der Waals surface area contributed by atoms with Crippen molar-refractivity contribution in [1.82, 2.24) is 14.9 Å². The number of rotatable bonds is 7. The minimum atomic E-state index is 0.184. The monoisotopic (exact) mass is 356 g/mol. The largest absolute Gasteiger partial charge is 0.507 e. The lowest BCUT2D eigenvalue weighted by atomic mass is 10.0. The maximum atomic E-state index is 10.0. The quantitative estimate of drug-likeness (QED) is 0.662. The van der Waals surface area contributed by atoms with Gasteiger partial charge in [0, 0.05) is 30.9 Å². The van der Waals surface area contributed by atoms with E-state index in [0.717, 1.165) is 44.0 Å². The van der Waals surface area contributed by atoms with Crippen molar-refractivity contribution in [2.45, 2.75) is 38.6 Å². The van der Waals surface area contributed by atoms with Crippen molar-refractivity contribution in [2.24, 2.45) is 0 Å². The molecule has 2 aromatic rings. The lowest BCUT2D eigenvalue weighted by molar-refractivity contribution is 0.0901. The number of nitrogens with one attached hydrogen (secondary N) is 1. The van der Waals surface area contributed by atoms with Crippen LogP contribution in [0.3, 0.4) is 0 Å². The van der Waals surface area contributed by atoms with Gasteiger partial charge in [0.1, 0.15) is 11.6 Å². The number of aromatic nitrogens is 2. The van der Waals surface area contributed by atoms with Crippen molar-refractivity contribution < 1.29 is 10.2 Å². The predicted molar refractivity (Wildman–Crippen MR) is 103 cm³/mol. The number of para-hydroxylation sites is 1. The second kappa shape index (κ2) is 8.96. The number of piperidine rings is 1.